The summed E-state index contributed by atoms with van der Waals surface area (Å²) in [6.07, 6.45) is 15.0. The smallest absolute Gasteiger partial charge is 0.118 e. The molecule has 0 amide bonds. The molecule has 2 unspecified atom stereocenters. The van der Waals surface area contributed by atoms with Gasteiger partial charge in [-0.05, 0) is 68.7 Å². The Balaban J connectivity index is 2.13. The van der Waals surface area contributed by atoms with Gasteiger partial charge in [-0.15, -0.1) is 0 Å². The number of unbranched alkanes of at least 4 members (excludes halogenated alkanes) is 6. The van der Waals surface area contributed by atoms with Gasteiger partial charge in [0, 0.05) is 19.1 Å². The minimum absolute atomic E-state index is 0.131. The Hall–Kier alpha value is -2.10. The first kappa shape index (κ1) is 29.1. The van der Waals surface area contributed by atoms with Crippen LogP contribution in [0.1, 0.15) is 102 Å². The monoisotopic (exact) mass is 480 g/mol. The second kappa shape index (κ2) is 18.2. The summed E-state index contributed by atoms with van der Waals surface area (Å²) in [5.74, 6) is 1.08. The Labute approximate surface area is 214 Å². The topological polar surface area (TPSA) is 38.7 Å². The lowest BCUT2D eigenvalue weighted by molar-refractivity contribution is 0.0327. The molecule has 0 saturated carbocycles. The Kier molecular flexibility index (Phi) is 15.2. The highest BCUT2D eigenvalue weighted by atomic mass is 16.5. The van der Waals surface area contributed by atoms with Gasteiger partial charge in [-0.25, -0.2) is 0 Å². The zero-order valence-corrected chi connectivity index (χ0v) is 22.4. The molecule has 0 aliphatic carbocycles. The Morgan fingerprint density at radius 1 is 0.857 bits per heavy atom. The van der Waals surface area contributed by atoms with Crippen molar-refractivity contribution in [2.75, 3.05) is 20.3 Å². The van der Waals surface area contributed by atoms with Crippen LogP contribution in [0.5, 0.6) is 5.75 Å². The van der Waals surface area contributed by atoms with Gasteiger partial charge < -0.3 is 14.6 Å². The summed E-state index contributed by atoms with van der Waals surface area (Å²) in [6.45, 7) is 5.56. The van der Waals surface area contributed by atoms with E-state index in [0.29, 0.717) is 0 Å². The minimum Gasteiger partial charge on any atom is -0.497 e. The normalized spacial score (nSPS) is 13.5. The molecule has 0 spiro atoms. The van der Waals surface area contributed by atoms with Crippen LogP contribution in [0.4, 0.5) is 0 Å². The van der Waals surface area contributed by atoms with Crippen LogP contribution in [0.15, 0.2) is 66.2 Å². The Morgan fingerprint density at radius 3 is 2.23 bits per heavy atom. The predicted molar refractivity (Wildman–Crippen MR) is 148 cm³/mol. The summed E-state index contributed by atoms with van der Waals surface area (Å²) >= 11 is 0. The van der Waals surface area contributed by atoms with E-state index in [0.717, 1.165) is 50.9 Å². The Bertz CT molecular complexity index is 797. The SMILES string of the molecule is CCCCCCCCOC(CCC/C(C)=C/CCCO)C(c1ccccc1)c1ccc(OC)cc1. The maximum absolute atomic E-state index is 9.05. The molecule has 3 nitrogen and oxygen atoms in total. The number of aliphatic hydroxyl groups excluding tert-OH is 1. The third-order valence-corrected chi connectivity index (χ3v) is 6.75. The summed E-state index contributed by atoms with van der Waals surface area (Å²) in [5, 5.41) is 9.05. The molecular weight excluding hydrogens is 432 g/mol. The molecule has 0 aliphatic rings. The van der Waals surface area contributed by atoms with Crippen molar-refractivity contribution >= 4 is 0 Å². The number of hydrogen-bond donors (Lipinski definition) is 1. The van der Waals surface area contributed by atoms with Crippen molar-refractivity contribution in [3.05, 3.63) is 77.4 Å². The fourth-order valence-electron chi connectivity index (χ4n) is 4.68. The molecule has 3 heteroatoms. The van der Waals surface area contributed by atoms with Crippen molar-refractivity contribution in [1.82, 2.24) is 0 Å². The maximum atomic E-state index is 9.05. The fraction of sp³-hybridized carbons (Fsp3) is 0.562. The first-order valence-electron chi connectivity index (χ1n) is 13.8. The molecular formula is C32H48O3. The molecule has 0 aliphatic heterocycles. The van der Waals surface area contributed by atoms with Crippen molar-refractivity contribution in [3.8, 4) is 5.75 Å². The number of benzene rings is 2. The second-order valence-corrected chi connectivity index (χ2v) is 9.65. The molecule has 2 rings (SSSR count). The number of ether oxygens (including phenoxy) is 2. The second-order valence-electron chi connectivity index (χ2n) is 9.65. The largest absolute Gasteiger partial charge is 0.497 e. The lowest BCUT2D eigenvalue weighted by Crippen LogP contribution is -2.24. The van der Waals surface area contributed by atoms with Crippen LogP contribution in [0.25, 0.3) is 0 Å². The van der Waals surface area contributed by atoms with Crippen LogP contribution in [0, 0.1) is 0 Å². The number of allylic oxidation sites excluding steroid dienone is 2. The third kappa shape index (κ3) is 11.5. The van der Waals surface area contributed by atoms with Crippen molar-refractivity contribution in [1.29, 1.82) is 0 Å². The van der Waals surface area contributed by atoms with Crippen LogP contribution in [-0.4, -0.2) is 31.5 Å². The zero-order valence-electron chi connectivity index (χ0n) is 22.4. The van der Waals surface area contributed by atoms with Crippen LogP contribution in [0.3, 0.4) is 0 Å². The van der Waals surface area contributed by atoms with Crippen LogP contribution >= 0.6 is 0 Å². The summed E-state index contributed by atoms with van der Waals surface area (Å²) < 4.78 is 12.1. The first-order valence-corrected chi connectivity index (χ1v) is 13.8. The van der Waals surface area contributed by atoms with Gasteiger partial charge in [-0.2, -0.15) is 0 Å². The number of hydrogen-bond acceptors (Lipinski definition) is 3. The molecule has 0 radical (unpaired) electrons. The van der Waals surface area contributed by atoms with E-state index in [9.17, 15) is 0 Å². The van der Waals surface area contributed by atoms with Gasteiger partial charge >= 0.3 is 0 Å². The molecule has 2 aromatic carbocycles. The molecule has 0 saturated heterocycles. The van der Waals surface area contributed by atoms with Gasteiger partial charge in [0.1, 0.15) is 5.75 Å². The van der Waals surface area contributed by atoms with Crippen molar-refractivity contribution < 1.29 is 14.6 Å². The molecule has 0 aromatic heterocycles. The highest BCUT2D eigenvalue weighted by Gasteiger charge is 2.25. The highest BCUT2D eigenvalue weighted by molar-refractivity contribution is 5.37. The van der Waals surface area contributed by atoms with E-state index in [2.05, 4.69) is 74.5 Å². The fourth-order valence-corrected chi connectivity index (χ4v) is 4.68. The maximum Gasteiger partial charge on any atom is 0.118 e. The molecule has 1 N–H and O–H groups in total. The van der Waals surface area contributed by atoms with Gasteiger partial charge in [0.2, 0.25) is 0 Å². The van der Waals surface area contributed by atoms with E-state index in [1.165, 1.54) is 48.8 Å². The van der Waals surface area contributed by atoms with Crippen LogP contribution in [0.2, 0.25) is 0 Å². The molecule has 35 heavy (non-hydrogen) atoms. The summed E-state index contributed by atoms with van der Waals surface area (Å²) in [5.41, 5.74) is 4.00. The highest BCUT2D eigenvalue weighted by Crippen LogP contribution is 2.34. The number of methoxy groups -OCH3 is 1. The molecule has 194 valence electrons. The number of rotatable bonds is 19. The van der Waals surface area contributed by atoms with E-state index in [-0.39, 0.29) is 18.6 Å². The van der Waals surface area contributed by atoms with Crippen molar-refractivity contribution in [3.63, 3.8) is 0 Å². The summed E-state index contributed by atoms with van der Waals surface area (Å²) in [6, 6.07) is 19.3. The van der Waals surface area contributed by atoms with Crippen molar-refractivity contribution in [2.24, 2.45) is 0 Å². The molecule has 0 fully saturated rings. The molecule has 2 atom stereocenters. The predicted octanol–water partition coefficient (Wildman–Crippen LogP) is 8.46. The average molecular weight is 481 g/mol. The zero-order chi connectivity index (χ0) is 25.1. The van der Waals surface area contributed by atoms with E-state index in [4.69, 9.17) is 14.6 Å². The Morgan fingerprint density at radius 2 is 1.54 bits per heavy atom. The molecule has 2 aromatic rings. The quantitative estimate of drug-likeness (QED) is 0.162. The summed E-state index contributed by atoms with van der Waals surface area (Å²) in [7, 11) is 1.71. The first-order chi connectivity index (χ1) is 17.2. The summed E-state index contributed by atoms with van der Waals surface area (Å²) in [4.78, 5) is 0. The molecule has 0 heterocycles. The number of aliphatic hydroxyl groups is 1. The van der Waals surface area contributed by atoms with Gasteiger partial charge in [-0.1, -0.05) is 93.1 Å². The third-order valence-electron chi connectivity index (χ3n) is 6.75. The lowest BCUT2D eigenvalue weighted by Gasteiger charge is -2.29. The van der Waals surface area contributed by atoms with Gasteiger partial charge in [0.15, 0.2) is 0 Å². The van der Waals surface area contributed by atoms with Gasteiger partial charge in [-0.3, -0.25) is 0 Å². The van der Waals surface area contributed by atoms with E-state index in [1.807, 2.05) is 0 Å². The lowest BCUT2D eigenvalue weighted by atomic mass is 9.84. The van der Waals surface area contributed by atoms with E-state index in [1.54, 1.807) is 7.11 Å². The van der Waals surface area contributed by atoms with Crippen LogP contribution in [-0.2, 0) is 4.74 Å². The average Bonchev–Trinajstić information content (AvgIpc) is 2.89. The van der Waals surface area contributed by atoms with Crippen LogP contribution < -0.4 is 4.74 Å². The van der Waals surface area contributed by atoms with E-state index >= 15 is 0 Å². The van der Waals surface area contributed by atoms with Crippen molar-refractivity contribution in [2.45, 2.75) is 96.5 Å². The van der Waals surface area contributed by atoms with E-state index < -0.39 is 0 Å². The van der Waals surface area contributed by atoms with Gasteiger partial charge in [0.25, 0.3) is 0 Å². The molecule has 0 bridgehead atoms. The van der Waals surface area contributed by atoms with Gasteiger partial charge in [0.05, 0.1) is 13.2 Å². The standard InChI is InChI=1S/C32H48O3/c1-4-5-6-7-8-14-26-35-31(20-15-17-27(2)16-12-13-25-33)32(28-18-10-9-11-19-28)29-21-23-30(34-3)24-22-29/h9-11,16,18-19,21-24,31-33H,4-8,12-15,17,20,25-26H2,1-3H3/b27-16+. The minimum atomic E-state index is 0.131.